The van der Waals surface area contributed by atoms with E-state index in [1.165, 1.54) is 0 Å². The lowest BCUT2D eigenvalue weighted by molar-refractivity contribution is -0.151. The molecule has 0 bridgehead atoms. The summed E-state index contributed by atoms with van der Waals surface area (Å²) >= 11 is 0. The summed E-state index contributed by atoms with van der Waals surface area (Å²) < 4.78 is 5.77. The summed E-state index contributed by atoms with van der Waals surface area (Å²) in [4.78, 5) is 12.3. The van der Waals surface area contributed by atoms with Crippen molar-refractivity contribution in [2.45, 2.75) is 104 Å². The minimum absolute atomic E-state index is 0.0385. The molecule has 0 aromatic carbocycles. The Balaban J connectivity index is 2.73. The molecule has 1 aliphatic heterocycles. The second-order valence-corrected chi connectivity index (χ2v) is 9.11. The molecule has 0 saturated heterocycles. The average Bonchev–Trinajstić information content (AvgIpc) is 2.61. The number of carbonyl (C=O) groups is 1. The van der Waals surface area contributed by atoms with Crippen molar-refractivity contribution < 1.29 is 24.9 Å². The van der Waals surface area contributed by atoms with Crippen LogP contribution in [0.2, 0.25) is 0 Å². The highest BCUT2D eigenvalue weighted by Crippen LogP contribution is 2.24. The molecule has 1 heterocycles. The highest BCUT2D eigenvalue weighted by atomic mass is 16.5. The van der Waals surface area contributed by atoms with Crippen molar-refractivity contribution in [3.8, 4) is 0 Å². The van der Waals surface area contributed by atoms with Crippen LogP contribution in [0.5, 0.6) is 0 Å². The van der Waals surface area contributed by atoms with E-state index in [4.69, 9.17) is 4.74 Å². The molecule has 0 amide bonds. The van der Waals surface area contributed by atoms with Gasteiger partial charge in [0, 0.05) is 18.8 Å². The van der Waals surface area contributed by atoms with Gasteiger partial charge in [-0.05, 0) is 57.8 Å². The van der Waals surface area contributed by atoms with E-state index in [1.54, 1.807) is 6.92 Å². The van der Waals surface area contributed by atoms with Crippen molar-refractivity contribution in [2.24, 2.45) is 17.8 Å². The lowest BCUT2D eigenvalue weighted by atomic mass is 9.90. The predicted molar refractivity (Wildman–Crippen MR) is 116 cm³/mol. The first-order valence-corrected chi connectivity index (χ1v) is 11.2. The fourth-order valence-electron chi connectivity index (χ4n) is 3.89. The maximum absolute atomic E-state index is 12.3. The molecule has 0 aliphatic carbocycles. The number of allylic oxidation sites excluding steroid dienone is 2. The molecular weight excluding hydrogens is 368 g/mol. The van der Waals surface area contributed by atoms with Crippen molar-refractivity contribution in [2.75, 3.05) is 0 Å². The minimum atomic E-state index is -0.570. The van der Waals surface area contributed by atoms with Gasteiger partial charge in [-0.3, -0.25) is 4.79 Å². The first kappa shape index (κ1) is 25.9. The third-order valence-corrected chi connectivity index (χ3v) is 5.88. The summed E-state index contributed by atoms with van der Waals surface area (Å²) in [6, 6.07) is 0. The number of cyclic esters (lactones) is 1. The van der Waals surface area contributed by atoms with Gasteiger partial charge in [0.2, 0.25) is 0 Å². The summed E-state index contributed by atoms with van der Waals surface area (Å²) in [6.45, 7) is 9.81. The molecule has 0 saturated carbocycles. The molecule has 1 aliphatic rings. The highest BCUT2D eigenvalue weighted by molar-refractivity contribution is 5.69. The van der Waals surface area contributed by atoms with Crippen molar-refractivity contribution in [3.05, 3.63) is 23.8 Å². The number of carbonyl (C=O) groups excluding carboxylic acids is 1. The quantitative estimate of drug-likeness (QED) is 0.433. The maximum Gasteiger partial charge on any atom is 0.306 e. The van der Waals surface area contributed by atoms with Gasteiger partial charge < -0.3 is 20.1 Å². The van der Waals surface area contributed by atoms with Crippen LogP contribution in [0.15, 0.2) is 23.8 Å². The number of hydrogen-bond acceptors (Lipinski definition) is 5. The van der Waals surface area contributed by atoms with E-state index in [1.807, 2.05) is 20.8 Å². The van der Waals surface area contributed by atoms with E-state index in [2.05, 4.69) is 25.2 Å². The number of ether oxygens (including phenoxy) is 1. The molecule has 1 rings (SSSR count). The molecule has 5 heteroatoms. The molecule has 0 aromatic heterocycles. The van der Waals surface area contributed by atoms with E-state index in [0.29, 0.717) is 32.1 Å². The first-order chi connectivity index (χ1) is 13.6. The van der Waals surface area contributed by atoms with Crippen LogP contribution in [0.4, 0.5) is 0 Å². The molecule has 7 atom stereocenters. The molecule has 7 unspecified atom stereocenters. The number of aliphatic hydroxyl groups is 3. The normalized spacial score (nSPS) is 29.2. The fourth-order valence-corrected chi connectivity index (χ4v) is 3.89. The Morgan fingerprint density at radius 3 is 2.55 bits per heavy atom. The number of rotatable bonds is 7. The molecule has 0 radical (unpaired) electrons. The van der Waals surface area contributed by atoms with Crippen LogP contribution in [0, 0.1) is 17.8 Å². The van der Waals surface area contributed by atoms with Gasteiger partial charge in [0.15, 0.2) is 0 Å². The van der Waals surface area contributed by atoms with Crippen LogP contribution >= 0.6 is 0 Å². The average molecular weight is 411 g/mol. The van der Waals surface area contributed by atoms with Crippen LogP contribution < -0.4 is 0 Å². The molecule has 0 aromatic rings. The molecule has 5 nitrogen and oxygen atoms in total. The molecule has 0 spiro atoms. The Morgan fingerprint density at radius 1 is 1.24 bits per heavy atom. The molecule has 168 valence electrons. The van der Waals surface area contributed by atoms with Gasteiger partial charge in [0.05, 0.1) is 18.3 Å². The van der Waals surface area contributed by atoms with Crippen molar-refractivity contribution in [3.63, 3.8) is 0 Å². The van der Waals surface area contributed by atoms with Crippen LogP contribution in [0.25, 0.3) is 0 Å². The number of hydrogen-bond donors (Lipinski definition) is 3. The van der Waals surface area contributed by atoms with E-state index in [9.17, 15) is 20.1 Å². The molecular formula is C24H42O5. The Labute approximate surface area is 176 Å². The Hall–Kier alpha value is -1.17. The van der Waals surface area contributed by atoms with E-state index >= 15 is 0 Å². The Morgan fingerprint density at radius 2 is 1.90 bits per heavy atom. The van der Waals surface area contributed by atoms with Gasteiger partial charge in [-0.1, -0.05) is 44.6 Å². The summed E-state index contributed by atoms with van der Waals surface area (Å²) in [6.07, 6.45) is 8.81. The first-order valence-electron chi connectivity index (χ1n) is 11.2. The smallest absolute Gasteiger partial charge is 0.306 e. The van der Waals surface area contributed by atoms with Crippen molar-refractivity contribution in [1.29, 1.82) is 0 Å². The second-order valence-electron chi connectivity index (χ2n) is 9.11. The fraction of sp³-hybridized carbons (Fsp3) is 0.792. The topological polar surface area (TPSA) is 87.0 Å². The second kappa shape index (κ2) is 13.2. The van der Waals surface area contributed by atoms with Crippen LogP contribution in [-0.4, -0.2) is 45.7 Å². The van der Waals surface area contributed by atoms with Gasteiger partial charge in [-0.15, -0.1) is 0 Å². The molecule has 29 heavy (non-hydrogen) atoms. The Bertz CT molecular complexity index is 539. The van der Waals surface area contributed by atoms with Gasteiger partial charge >= 0.3 is 5.97 Å². The molecule has 3 N–H and O–H groups in total. The lowest BCUT2D eigenvalue weighted by Crippen LogP contribution is -2.26. The Kier molecular flexibility index (Phi) is 11.8. The van der Waals surface area contributed by atoms with Gasteiger partial charge in [0.1, 0.15) is 6.10 Å². The third-order valence-electron chi connectivity index (χ3n) is 5.88. The summed E-state index contributed by atoms with van der Waals surface area (Å²) in [5.74, 6) is 0.116. The monoisotopic (exact) mass is 410 g/mol. The van der Waals surface area contributed by atoms with Crippen LogP contribution in [0.1, 0.15) is 79.6 Å². The lowest BCUT2D eigenvalue weighted by Gasteiger charge is -2.25. The zero-order valence-corrected chi connectivity index (χ0v) is 18.9. The zero-order valence-electron chi connectivity index (χ0n) is 18.9. The minimum Gasteiger partial charge on any atom is -0.462 e. The van der Waals surface area contributed by atoms with Gasteiger partial charge in [0.25, 0.3) is 0 Å². The highest BCUT2D eigenvalue weighted by Gasteiger charge is 2.23. The number of aliphatic hydroxyl groups excluding tert-OH is 3. The third kappa shape index (κ3) is 10.4. The van der Waals surface area contributed by atoms with Crippen LogP contribution in [0.3, 0.4) is 0 Å². The van der Waals surface area contributed by atoms with Crippen LogP contribution in [-0.2, 0) is 9.53 Å². The standard InChI is InChI=1S/C24H42O5/c1-16(13-18(3)22(27)15-20(5)25)14-19(4)23-11-7-6-9-17(2)21(26)10-8-12-24(28)29-23/h6-7,13,17-23,25-27H,8-12,14-15H2,1-5H3. The number of esters is 1. The summed E-state index contributed by atoms with van der Waals surface area (Å²) in [7, 11) is 0. The van der Waals surface area contributed by atoms with Crippen molar-refractivity contribution >= 4 is 5.97 Å². The maximum atomic E-state index is 12.3. The summed E-state index contributed by atoms with van der Waals surface area (Å²) in [5, 5.41) is 29.7. The van der Waals surface area contributed by atoms with E-state index < -0.39 is 12.2 Å². The largest absolute Gasteiger partial charge is 0.462 e. The van der Waals surface area contributed by atoms with Gasteiger partial charge in [-0.25, -0.2) is 0 Å². The van der Waals surface area contributed by atoms with Crippen molar-refractivity contribution in [1.82, 2.24) is 0 Å². The summed E-state index contributed by atoms with van der Waals surface area (Å²) in [5.41, 5.74) is 1.15. The molecule has 0 fully saturated rings. The van der Waals surface area contributed by atoms with Gasteiger partial charge in [-0.2, -0.15) is 0 Å². The SMILES string of the molecule is CC(=CC(C)C(O)CC(C)O)CC(C)C1CC=CCC(C)C(O)CCCC(=O)O1. The van der Waals surface area contributed by atoms with E-state index in [0.717, 1.165) is 18.4 Å². The van der Waals surface area contributed by atoms with E-state index in [-0.39, 0.29) is 35.9 Å². The predicted octanol–water partition coefficient (Wildman–Crippen LogP) is 4.16. The zero-order chi connectivity index (χ0) is 22.0.